The highest BCUT2D eigenvalue weighted by Gasteiger charge is 2.31. The normalized spacial score (nSPS) is 15.2. The van der Waals surface area contributed by atoms with Gasteiger partial charge in [-0.1, -0.05) is 60.4 Å². The summed E-state index contributed by atoms with van der Waals surface area (Å²) in [5, 5.41) is 0. The molecule has 0 radical (unpaired) electrons. The number of nitrogens with zero attached hydrogens (tertiary/aromatic N) is 1. The highest BCUT2D eigenvalue weighted by molar-refractivity contribution is 9.10. The zero-order valence-electron chi connectivity index (χ0n) is 15.2. The van der Waals surface area contributed by atoms with Crippen molar-refractivity contribution in [1.82, 2.24) is 4.90 Å². The minimum Gasteiger partial charge on any atom is -0.493 e. The molecule has 2 aromatic carbocycles. The lowest BCUT2D eigenvalue weighted by Crippen LogP contribution is -2.27. The molecule has 2 aromatic rings. The van der Waals surface area contributed by atoms with Crippen molar-refractivity contribution in [3.63, 3.8) is 0 Å². The molecule has 1 aliphatic rings. The Labute approximate surface area is 182 Å². The Morgan fingerprint density at radius 3 is 2.71 bits per heavy atom. The minimum absolute atomic E-state index is 0.116. The largest absolute Gasteiger partial charge is 0.493 e. The molecule has 0 bridgehead atoms. The molecule has 1 fully saturated rings. The number of halogens is 1. The molecule has 1 aliphatic heterocycles. The quantitative estimate of drug-likeness (QED) is 0.303. The van der Waals surface area contributed by atoms with E-state index in [4.69, 9.17) is 21.7 Å². The average molecular weight is 476 g/mol. The molecule has 0 atom stereocenters. The predicted octanol–water partition coefficient (Wildman–Crippen LogP) is 5.42. The van der Waals surface area contributed by atoms with Gasteiger partial charge in [-0.15, -0.1) is 6.58 Å². The first kappa shape index (κ1) is 20.6. The van der Waals surface area contributed by atoms with Crippen LogP contribution in [0.4, 0.5) is 0 Å². The van der Waals surface area contributed by atoms with E-state index in [1.54, 1.807) is 19.3 Å². The second kappa shape index (κ2) is 9.41. The molecule has 144 valence electrons. The van der Waals surface area contributed by atoms with Crippen LogP contribution in [0.15, 0.2) is 64.5 Å². The van der Waals surface area contributed by atoms with Crippen LogP contribution in [0, 0.1) is 0 Å². The molecule has 1 saturated heterocycles. The standard InChI is InChI=1S/C21H18BrNO3S2/c1-3-9-23-20(24)18(28-21(23)27)12-15-10-16(22)19(17(11-15)25-2)26-13-14-7-5-4-6-8-14/h3-8,10-12H,1,9,13H2,2H3/b18-12+. The van der Waals surface area contributed by atoms with Gasteiger partial charge in [-0.3, -0.25) is 9.69 Å². The van der Waals surface area contributed by atoms with Crippen molar-refractivity contribution in [2.24, 2.45) is 0 Å². The van der Waals surface area contributed by atoms with E-state index in [1.165, 1.54) is 16.7 Å². The molecule has 1 heterocycles. The molecule has 0 saturated carbocycles. The van der Waals surface area contributed by atoms with Crippen molar-refractivity contribution in [1.29, 1.82) is 0 Å². The van der Waals surface area contributed by atoms with Crippen molar-refractivity contribution in [3.05, 3.63) is 75.6 Å². The van der Waals surface area contributed by atoms with E-state index < -0.39 is 0 Å². The van der Waals surface area contributed by atoms with E-state index in [1.807, 2.05) is 42.5 Å². The van der Waals surface area contributed by atoms with E-state index in [2.05, 4.69) is 22.5 Å². The van der Waals surface area contributed by atoms with E-state index >= 15 is 0 Å². The number of amides is 1. The van der Waals surface area contributed by atoms with Gasteiger partial charge < -0.3 is 9.47 Å². The molecular weight excluding hydrogens is 458 g/mol. The maximum Gasteiger partial charge on any atom is 0.266 e. The molecule has 0 N–H and O–H groups in total. The highest BCUT2D eigenvalue weighted by atomic mass is 79.9. The molecule has 0 spiro atoms. The van der Waals surface area contributed by atoms with Crippen molar-refractivity contribution in [2.45, 2.75) is 6.61 Å². The topological polar surface area (TPSA) is 38.8 Å². The van der Waals surface area contributed by atoms with Gasteiger partial charge in [0.15, 0.2) is 11.5 Å². The van der Waals surface area contributed by atoms with Gasteiger partial charge in [-0.25, -0.2) is 0 Å². The van der Waals surface area contributed by atoms with Crippen LogP contribution in [-0.4, -0.2) is 28.8 Å². The van der Waals surface area contributed by atoms with Gasteiger partial charge in [0.25, 0.3) is 5.91 Å². The van der Waals surface area contributed by atoms with Crippen molar-refractivity contribution in [3.8, 4) is 11.5 Å². The van der Waals surface area contributed by atoms with Gasteiger partial charge in [0, 0.05) is 6.54 Å². The van der Waals surface area contributed by atoms with Crippen LogP contribution in [0.3, 0.4) is 0 Å². The first-order valence-electron chi connectivity index (χ1n) is 8.44. The van der Waals surface area contributed by atoms with Crippen molar-refractivity contribution in [2.75, 3.05) is 13.7 Å². The molecular formula is C21H18BrNO3S2. The van der Waals surface area contributed by atoms with Gasteiger partial charge in [0.2, 0.25) is 0 Å². The van der Waals surface area contributed by atoms with Crippen LogP contribution in [0.1, 0.15) is 11.1 Å². The van der Waals surface area contributed by atoms with Crippen LogP contribution in [0.2, 0.25) is 0 Å². The first-order valence-corrected chi connectivity index (χ1v) is 10.5. The Balaban J connectivity index is 1.84. The van der Waals surface area contributed by atoms with Crippen LogP contribution >= 0.6 is 39.9 Å². The second-order valence-electron chi connectivity index (χ2n) is 5.89. The van der Waals surface area contributed by atoms with E-state index in [0.29, 0.717) is 33.9 Å². The van der Waals surface area contributed by atoms with Crippen molar-refractivity contribution >= 4 is 56.2 Å². The maximum absolute atomic E-state index is 12.5. The smallest absolute Gasteiger partial charge is 0.266 e. The van der Waals surface area contributed by atoms with Gasteiger partial charge >= 0.3 is 0 Å². The zero-order valence-corrected chi connectivity index (χ0v) is 18.4. The lowest BCUT2D eigenvalue weighted by Gasteiger charge is -2.14. The monoisotopic (exact) mass is 475 g/mol. The lowest BCUT2D eigenvalue weighted by molar-refractivity contribution is -0.121. The summed E-state index contributed by atoms with van der Waals surface area (Å²) in [6, 6.07) is 13.6. The molecule has 1 amide bonds. The first-order chi connectivity index (χ1) is 13.5. The Morgan fingerprint density at radius 2 is 2.04 bits per heavy atom. The van der Waals surface area contributed by atoms with Crippen molar-refractivity contribution < 1.29 is 14.3 Å². The molecule has 28 heavy (non-hydrogen) atoms. The van der Waals surface area contributed by atoms with Crippen LogP contribution in [-0.2, 0) is 11.4 Å². The Kier molecular flexibility index (Phi) is 6.93. The maximum atomic E-state index is 12.5. The SMILES string of the molecule is C=CCN1C(=O)/C(=C\c2cc(Br)c(OCc3ccccc3)c(OC)c2)SC1=S. The van der Waals surface area contributed by atoms with Crippen LogP contribution in [0.5, 0.6) is 11.5 Å². The third-order valence-corrected chi connectivity index (χ3v) is 5.93. The molecule has 3 rings (SSSR count). The summed E-state index contributed by atoms with van der Waals surface area (Å²) in [5.74, 6) is 1.08. The fourth-order valence-electron chi connectivity index (χ4n) is 2.63. The van der Waals surface area contributed by atoms with Gasteiger partial charge in [-0.2, -0.15) is 0 Å². The van der Waals surface area contributed by atoms with Gasteiger partial charge in [0.05, 0.1) is 16.5 Å². The summed E-state index contributed by atoms with van der Waals surface area (Å²) >= 11 is 10.1. The van der Waals surface area contributed by atoms with E-state index in [-0.39, 0.29) is 5.91 Å². The summed E-state index contributed by atoms with van der Waals surface area (Å²) in [4.78, 5) is 14.6. The zero-order chi connectivity index (χ0) is 20.1. The highest BCUT2D eigenvalue weighted by Crippen LogP contribution is 2.39. The number of methoxy groups -OCH3 is 1. The number of benzene rings is 2. The number of ether oxygens (including phenoxy) is 2. The van der Waals surface area contributed by atoms with Crippen LogP contribution < -0.4 is 9.47 Å². The molecule has 7 heteroatoms. The third-order valence-electron chi connectivity index (χ3n) is 3.96. The summed E-state index contributed by atoms with van der Waals surface area (Å²) in [5.41, 5.74) is 1.88. The Morgan fingerprint density at radius 1 is 1.29 bits per heavy atom. The fraction of sp³-hybridized carbons (Fsp3) is 0.143. The van der Waals surface area contributed by atoms with E-state index in [9.17, 15) is 4.79 Å². The number of thiocarbonyl (C=S) groups is 1. The fourth-order valence-corrected chi connectivity index (χ4v) is 4.48. The minimum atomic E-state index is -0.116. The average Bonchev–Trinajstić information content (AvgIpc) is 2.95. The lowest BCUT2D eigenvalue weighted by atomic mass is 10.1. The molecule has 0 unspecified atom stereocenters. The summed E-state index contributed by atoms with van der Waals surface area (Å²) in [6.07, 6.45) is 3.46. The predicted molar refractivity (Wildman–Crippen MR) is 122 cm³/mol. The van der Waals surface area contributed by atoms with Gasteiger partial charge in [0.1, 0.15) is 10.9 Å². The number of hydrogen-bond acceptors (Lipinski definition) is 5. The van der Waals surface area contributed by atoms with Crippen LogP contribution in [0.25, 0.3) is 6.08 Å². The van der Waals surface area contributed by atoms with Gasteiger partial charge in [-0.05, 0) is 45.3 Å². The Hall–Kier alpha value is -2.09. The second-order valence-corrected chi connectivity index (χ2v) is 8.42. The summed E-state index contributed by atoms with van der Waals surface area (Å²) in [6.45, 7) is 4.50. The number of thioether (sulfide) groups is 1. The Bertz CT molecular complexity index is 944. The number of carbonyl (C=O) groups is 1. The molecule has 4 nitrogen and oxygen atoms in total. The summed E-state index contributed by atoms with van der Waals surface area (Å²) < 4.78 is 12.7. The molecule has 0 aromatic heterocycles. The molecule has 0 aliphatic carbocycles. The number of rotatable bonds is 7. The number of carbonyl (C=O) groups excluding carboxylic acids is 1. The number of hydrogen-bond donors (Lipinski definition) is 0. The summed E-state index contributed by atoms with van der Waals surface area (Å²) in [7, 11) is 1.59. The van der Waals surface area contributed by atoms with E-state index in [0.717, 1.165) is 15.6 Å². The third kappa shape index (κ3) is 4.66.